The van der Waals surface area contributed by atoms with Crippen LogP contribution in [-0.4, -0.2) is 21.0 Å². The van der Waals surface area contributed by atoms with Crippen molar-refractivity contribution in [3.8, 4) is 0 Å². The van der Waals surface area contributed by atoms with Gasteiger partial charge in [0.1, 0.15) is 5.67 Å². The van der Waals surface area contributed by atoms with Crippen molar-refractivity contribution in [1.29, 1.82) is 0 Å². The van der Waals surface area contributed by atoms with Crippen LogP contribution < -0.4 is 0 Å². The highest BCUT2D eigenvalue weighted by Gasteiger charge is 2.22. The maximum atomic E-state index is 13.3. The molecule has 1 heterocycles. The van der Waals surface area contributed by atoms with Gasteiger partial charge < -0.3 is 5.11 Å². The lowest BCUT2D eigenvalue weighted by Gasteiger charge is -2.12. The molecule has 0 unspecified atom stereocenters. The first kappa shape index (κ1) is 9.57. The zero-order valence-electron chi connectivity index (χ0n) is 7.28. The summed E-state index contributed by atoms with van der Waals surface area (Å²) in [7, 11) is 0. The molecule has 0 saturated heterocycles. The van der Waals surface area contributed by atoms with Crippen molar-refractivity contribution < 1.29 is 14.3 Å². The summed E-state index contributed by atoms with van der Waals surface area (Å²) in [5.41, 5.74) is -1.89. The Morgan fingerprint density at radius 1 is 1.54 bits per heavy atom. The first-order chi connectivity index (χ1) is 5.91. The SMILES string of the molecule is CC(C)(F)c1cncc(C(=O)O)n1. The van der Waals surface area contributed by atoms with Gasteiger partial charge in [0, 0.05) is 0 Å². The zero-order valence-corrected chi connectivity index (χ0v) is 7.28. The van der Waals surface area contributed by atoms with Crippen LogP contribution in [0.25, 0.3) is 0 Å². The first-order valence-electron chi connectivity index (χ1n) is 3.66. The lowest BCUT2D eigenvalue weighted by atomic mass is 10.1. The number of hydrogen-bond acceptors (Lipinski definition) is 3. The molecule has 1 rings (SSSR count). The molecule has 70 valence electrons. The third kappa shape index (κ3) is 2.21. The molecule has 1 aromatic rings. The summed E-state index contributed by atoms with van der Waals surface area (Å²) in [5, 5.41) is 8.55. The van der Waals surface area contributed by atoms with Crippen molar-refractivity contribution in [2.24, 2.45) is 0 Å². The standard InChI is InChI=1S/C8H9FN2O2/c1-8(2,9)6-4-10-3-5(11-6)7(12)13/h3-4H,1-2H3,(H,12,13). The number of carboxylic acid groups (broad SMARTS) is 1. The molecule has 0 spiro atoms. The molecule has 0 amide bonds. The van der Waals surface area contributed by atoms with Crippen LogP contribution in [0.15, 0.2) is 12.4 Å². The maximum absolute atomic E-state index is 13.3. The Labute approximate surface area is 74.5 Å². The fraction of sp³-hybridized carbons (Fsp3) is 0.375. The summed E-state index contributed by atoms with van der Waals surface area (Å²) in [6.45, 7) is 2.59. The molecule has 0 saturated carbocycles. The van der Waals surface area contributed by atoms with Crippen LogP contribution in [0, 0.1) is 0 Å². The van der Waals surface area contributed by atoms with Gasteiger partial charge in [-0.25, -0.2) is 14.2 Å². The fourth-order valence-corrected chi connectivity index (χ4v) is 0.755. The minimum atomic E-state index is -1.67. The molecule has 5 heteroatoms. The van der Waals surface area contributed by atoms with Crippen LogP contribution >= 0.6 is 0 Å². The number of carboxylic acids is 1. The van der Waals surface area contributed by atoms with Gasteiger partial charge >= 0.3 is 5.97 Å². The average molecular weight is 184 g/mol. The van der Waals surface area contributed by atoms with E-state index < -0.39 is 11.6 Å². The van der Waals surface area contributed by atoms with Gasteiger partial charge in [-0.05, 0) is 13.8 Å². The van der Waals surface area contributed by atoms with Crippen molar-refractivity contribution in [3.63, 3.8) is 0 Å². The van der Waals surface area contributed by atoms with E-state index in [1.54, 1.807) is 0 Å². The van der Waals surface area contributed by atoms with Crippen LogP contribution in [0.1, 0.15) is 30.0 Å². The Balaban J connectivity index is 3.13. The van der Waals surface area contributed by atoms with Gasteiger partial charge in [0.15, 0.2) is 5.69 Å². The number of nitrogens with zero attached hydrogens (tertiary/aromatic N) is 2. The number of carbonyl (C=O) groups is 1. The van der Waals surface area contributed by atoms with Crippen molar-refractivity contribution in [1.82, 2.24) is 9.97 Å². The third-order valence-electron chi connectivity index (χ3n) is 1.46. The molecule has 4 nitrogen and oxygen atoms in total. The van der Waals surface area contributed by atoms with Crippen LogP contribution in [-0.2, 0) is 5.67 Å². The molecule has 0 aromatic carbocycles. The van der Waals surface area contributed by atoms with E-state index in [4.69, 9.17) is 5.11 Å². The Bertz CT molecular complexity index is 333. The average Bonchev–Trinajstić information content (AvgIpc) is 2.03. The quantitative estimate of drug-likeness (QED) is 0.754. The second kappa shape index (κ2) is 3.08. The summed E-state index contributed by atoms with van der Waals surface area (Å²) < 4.78 is 13.3. The van der Waals surface area contributed by atoms with Crippen LogP contribution in [0.3, 0.4) is 0 Å². The molecular weight excluding hydrogens is 175 g/mol. The highest BCUT2D eigenvalue weighted by atomic mass is 19.1. The lowest BCUT2D eigenvalue weighted by Crippen LogP contribution is -2.14. The predicted molar refractivity (Wildman–Crippen MR) is 43.1 cm³/mol. The van der Waals surface area contributed by atoms with Gasteiger partial charge in [-0.3, -0.25) is 4.98 Å². The third-order valence-corrected chi connectivity index (χ3v) is 1.46. The minimum absolute atomic E-state index is 0.0207. The second-order valence-electron chi connectivity index (χ2n) is 3.07. The molecule has 0 aliphatic carbocycles. The number of alkyl halides is 1. The summed E-state index contributed by atoms with van der Waals surface area (Å²) >= 11 is 0. The van der Waals surface area contributed by atoms with Crippen LogP contribution in [0.2, 0.25) is 0 Å². The van der Waals surface area contributed by atoms with E-state index >= 15 is 0 Å². The smallest absolute Gasteiger partial charge is 0.356 e. The molecule has 0 fully saturated rings. The van der Waals surface area contributed by atoms with E-state index in [0.717, 1.165) is 6.20 Å². The van der Waals surface area contributed by atoms with Gasteiger partial charge in [-0.15, -0.1) is 0 Å². The highest BCUT2D eigenvalue weighted by Crippen LogP contribution is 2.21. The maximum Gasteiger partial charge on any atom is 0.356 e. The number of aromatic carboxylic acids is 1. The molecular formula is C8H9FN2O2. The lowest BCUT2D eigenvalue weighted by molar-refractivity contribution is 0.0688. The van der Waals surface area contributed by atoms with Crippen LogP contribution in [0.5, 0.6) is 0 Å². The number of halogens is 1. The number of hydrogen-bond donors (Lipinski definition) is 1. The molecule has 13 heavy (non-hydrogen) atoms. The minimum Gasteiger partial charge on any atom is -0.476 e. The van der Waals surface area contributed by atoms with E-state index in [1.807, 2.05) is 0 Å². The molecule has 1 aromatic heterocycles. The summed E-state index contributed by atoms with van der Waals surface area (Å²) in [6.07, 6.45) is 2.30. The van der Waals surface area contributed by atoms with Gasteiger partial charge in [0.05, 0.1) is 18.1 Å². The fourth-order valence-electron chi connectivity index (χ4n) is 0.755. The van der Waals surface area contributed by atoms with Crippen molar-refractivity contribution in [3.05, 3.63) is 23.8 Å². The van der Waals surface area contributed by atoms with Gasteiger partial charge in [-0.1, -0.05) is 0 Å². The van der Waals surface area contributed by atoms with E-state index in [9.17, 15) is 9.18 Å². The van der Waals surface area contributed by atoms with E-state index in [-0.39, 0.29) is 11.4 Å². The number of rotatable bonds is 2. The summed E-state index contributed by atoms with van der Waals surface area (Å²) in [4.78, 5) is 17.7. The Morgan fingerprint density at radius 2 is 2.15 bits per heavy atom. The summed E-state index contributed by atoms with van der Waals surface area (Å²) in [5.74, 6) is -1.21. The van der Waals surface area contributed by atoms with Crippen molar-refractivity contribution in [2.45, 2.75) is 19.5 Å². The summed E-state index contributed by atoms with van der Waals surface area (Å²) in [6, 6.07) is 0. The highest BCUT2D eigenvalue weighted by molar-refractivity contribution is 5.84. The van der Waals surface area contributed by atoms with Gasteiger partial charge in [0.2, 0.25) is 0 Å². The van der Waals surface area contributed by atoms with Crippen LogP contribution in [0.4, 0.5) is 4.39 Å². The van der Waals surface area contributed by atoms with E-state index in [1.165, 1.54) is 20.0 Å². The van der Waals surface area contributed by atoms with E-state index in [0.29, 0.717) is 0 Å². The Kier molecular flexibility index (Phi) is 2.27. The monoisotopic (exact) mass is 184 g/mol. The Morgan fingerprint density at radius 3 is 2.62 bits per heavy atom. The van der Waals surface area contributed by atoms with Crippen molar-refractivity contribution >= 4 is 5.97 Å². The van der Waals surface area contributed by atoms with Gasteiger partial charge in [0.25, 0.3) is 0 Å². The first-order valence-corrected chi connectivity index (χ1v) is 3.66. The topological polar surface area (TPSA) is 63.1 Å². The van der Waals surface area contributed by atoms with Gasteiger partial charge in [-0.2, -0.15) is 0 Å². The molecule has 0 aliphatic rings. The molecule has 0 bridgehead atoms. The van der Waals surface area contributed by atoms with Crippen molar-refractivity contribution in [2.75, 3.05) is 0 Å². The molecule has 0 aliphatic heterocycles. The predicted octanol–water partition coefficient (Wildman–Crippen LogP) is 1.38. The largest absolute Gasteiger partial charge is 0.476 e. The molecule has 0 atom stereocenters. The molecule has 0 radical (unpaired) electrons. The zero-order chi connectivity index (χ0) is 10.1. The molecule has 1 N–H and O–H groups in total. The second-order valence-corrected chi connectivity index (χ2v) is 3.07. The van der Waals surface area contributed by atoms with E-state index in [2.05, 4.69) is 9.97 Å². The number of aromatic nitrogens is 2. The Hall–Kier alpha value is -1.52. The normalized spacial score (nSPS) is 11.3.